The highest BCUT2D eigenvalue weighted by Gasteiger charge is 2.67. The zero-order valence-corrected chi connectivity index (χ0v) is 10.4. The lowest BCUT2D eigenvalue weighted by molar-refractivity contribution is -0.235. The van der Waals surface area contributed by atoms with Gasteiger partial charge in [0.05, 0.1) is 0 Å². The van der Waals surface area contributed by atoms with Gasteiger partial charge in [-0.2, -0.15) is 0 Å². The van der Waals surface area contributed by atoms with Gasteiger partial charge in [-0.1, -0.05) is 6.92 Å². The Bertz CT molecular complexity index is 456. The van der Waals surface area contributed by atoms with Crippen LogP contribution in [0, 0.1) is 11.8 Å². The Morgan fingerprint density at radius 3 is 2.84 bits per heavy atom. The van der Waals surface area contributed by atoms with Gasteiger partial charge in [-0.3, -0.25) is 0 Å². The number of aliphatic hydroxyl groups is 3. The lowest BCUT2D eigenvalue weighted by Gasteiger charge is -2.58. The molecule has 106 valence electrons. The maximum atomic E-state index is 11.8. The summed E-state index contributed by atoms with van der Waals surface area (Å²) in [4.78, 5) is 15.6. The SMILES string of the molecule is C[C@@H]1C[C@@H]2[C@H](O)N=C(N)N[C@]23[C@H](O)C(=O)O[C@H]1[C@H]3O. The highest BCUT2D eigenvalue weighted by Crippen LogP contribution is 2.47. The van der Waals surface area contributed by atoms with E-state index in [1.165, 1.54) is 0 Å². The molecule has 1 aliphatic carbocycles. The average molecular weight is 271 g/mol. The van der Waals surface area contributed by atoms with Crippen molar-refractivity contribution in [1.82, 2.24) is 5.32 Å². The summed E-state index contributed by atoms with van der Waals surface area (Å²) in [6.07, 6.45) is -4.19. The van der Waals surface area contributed by atoms with Crippen molar-refractivity contribution in [2.75, 3.05) is 0 Å². The Hall–Kier alpha value is -1.38. The van der Waals surface area contributed by atoms with Crippen molar-refractivity contribution in [3.05, 3.63) is 0 Å². The minimum absolute atomic E-state index is 0.107. The van der Waals surface area contributed by atoms with E-state index in [4.69, 9.17) is 10.5 Å². The maximum Gasteiger partial charge on any atom is 0.337 e. The number of hydrogen-bond donors (Lipinski definition) is 5. The van der Waals surface area contributed by atoms with Crippen LogP contribution in [-0.2, 0) is 9.53 Å². The normalized spacial score (nSPS) is 52.6. The zero-order chi connectivity index (χ0) is 13.9. The van der Waals surface area contributed by atoms with Gasteiger partial charge in [0.2, 0.25) is 0 Å². The van der Waals surface area contributed by atoms with Gasteiger partial charge in [-0.15, -0.1) is 0 Å². The average Bonchev–Trinajstić information content (AvgIpc) is 2.33. The van der Waals surface area contributed by atoms with Gasteiger partial charge >= 0.3 is 5.97 Å². The molecule has 1 saturated heterocycles. The first-order chi connectivity index (χ1) is 8.87. The van der Waals surface area contributed by atoms with Crippen LogP contribution in [0.3, 0.4) is 0 Å². The number of nitrogens with one attached hydrogen (secondary N) is 1. The molecule has 1 spiro atoms. The van der Waals surface area contributed by atoms with Gasteiger partial charge in [0.15, 0.2) is 18.3 Å². The van der Waals surface area contributed by atoms with E-state index in [1.54, 1.807) is 0 Å². The molecule has 0 aromatic heterocycles. The Labute approximate surface area is 109 Å². The van der Waals surface area contributed by atoms with Gasteiger partial charge in [0.1, 0.15) is 17.7 Å². The van der Waals surface area contributed by atoms with E-state index in [2.05, 4.69) is 10.3 Å². The Kier molecular flexibility index (Phi) is 2.54. The molecule has 0 aromatic rings. The number of rotatable bonds is 0. The largest absolute Gasteiger partial charge is 0.457 e. The molecule has 0 aromatic carbocycles. The van der Waals surface area contributed by atoms with Gasteiger partial charge in [-0.05, 0) is 12.3 Å². The summed E-state index contributed by atoms with van der Waals surface area (Å²) in [5.41, 5.74) is 4.14. The number of carbonyl (C=O) groups excluding carboxylic acids is 1. The van der Waals surface area contributed by atoms with Gasteiger partial charge in [0, 0.05) is 5.92 Å². The molecule has 0 amide bonds. The molecule has 19 heavy (non-hydrogen) atoms. The number of ether oxygens (including phenoxy) is 1. The summed E-state index contributed by atoms with van der Waals surface area (Å²) in [6.45, 7) is 1.82. The highest BCUT2D eigenvalue weighted by molar-refractivity contribution is 5.84. The number of aliphatic hydroxyl groups excluding tert-OH is 3. The summed E-state index contributed by atoms with van der Waals surface area (Å²) in [7, 11) is 0. The summed E-state index contributed by atoms with van der Waals surface area (Å²) < 4.78 is 5.07. The minimum Gasteiger partial charge on any atom is -0.457 e. The molecule has 0 unspecified atom stereocenters. The van der Waals surface area contributed by atoms with Crippen molar-refractivity contribution in [2.24, 2.45) is 22.6 Å². The number of esters is 1. The van der Waals surface area contributed by atoms with E-state index >= 15 is 0 Å². The molecule has 2 heterocycles. The molecule has 3 rings (SSSR count). The van der Waals surface area contributed by atoms with Crippen molar-refractivity contribution in [1.29, 1.82) is 0 Å². The number of fused-ring (bicyclic) bond motifs is 1. The van der Waals surface area contributed by atoms with Gasteiger partial charge < -0.3 is 31.1 Å². The number of nitrogens with zero attached hydrogens (tertiary/aromatic N) is 1. The third kappa shape index (κ3) is 1.44. The molecule has 8 nitrogen and oxygen atoms in total. The molecular weight excluding hydrogens is 254 g/mol. The Morgan fingerprint density at radius 1 is 1.47 bits per heavy atom. The van der Waals surface area contributed by atoms with Gasteiger partial charge in [-0.25, -0.2) is 9.79 Å². The number of guanidine groups is 1. The number of aliphatic imine (C=N–C) groups is 1. The molecule has 3 aliphatic rings. The van der Waals surface area contributed by atoms with Crippen LogP contribution >= 0.6 is 0 Å². The molecule has 2 fully saturated rings. The van der Waals surface area contributed by atoms with E-state index in [0.29, 0.717) is 6.42 Å². The molecule has 1 saturated carbocycles. The topological polar surface area (TPSA) is 137 Å². The van der Waals surface area contributed by atoms with Crippen LogP contribution in [0.2, 0.25) is 0 Å². The minimum atomic E-state index is -1.60. The summed E-state index contributed by atoms with van der Waals surface area (Å²) in [5.74, 6) is -1.68. The Morgan fingerprint density at radius 2 is 2.16 bits per heavy atom. The number of nitrogens with two attached hydrogens (primary N) is 1. The third-order valence-electron chi connectivity index (χ3n) is 4.50. The van der Waals surface area contributed by atoms with Crippen LogP contribution in [0.4, 0.5) is 0 Å². The lowest BCUT2D eigenvalue weighted by atomic mass is 9.61. The predicted molar refractivity (Wildman–Crippen MR) is 62.7 cm³/mol. The molecule has 6 N–H and O–H groups in total. The maximum absolute atomic E-state index is 11.8. The van der Waals surface area contributed by atoms with Crippen molar-refractivity contribution >= 4 is 11.9 Å². The van der Waals surface area contributed by atoms with Crippen LogP contribution in [0.25, 0.3) is 0 Å². The van der Waals surface area contributed by atoms with Crippen LogP contribution < -0.4 is 11.1 Å². The fourth-order valence-corrected chi connectivity index (χ4v) is 3.56. The van der Waals surface area contributed by atoms with Crippen molar-refractivity contribution < 1.29 is 24.9 Å². The first-order valence-electron chi connectivity index (χ1n) is 6.24. The van der Waals surface area contributed by atoms with Crippen LogP contribution in [0.5, 0.6) is 0 Å². The molecule has 7 atom stereocenters. The van der Waals surface area contributed by atoms with Crippen LogP contribution in [0.1, 0.15) is 13.3 Å². The van der Waals surface area contributed by atoms with Crippen molar-refractivity contribution in [2.45, 2.75) is 43.4 Å². The molecule has 2 aliphatic heterocycles. The number of hydrogen-bond acceptors (Lipinski definition) is 8. The second kappa shape index (κ2) is 3.81. The second-order valence-electron chi connectivity index (χ2n) is 5.55. The monoisotopic (exact) mass is 271 g/mol. The highest BCUT2D eigenvalue weighted by atomic mass is 16.6. The van der Waals surface area contributed by atoms with Crippen molar-refractivity contribution in [3.8, 4) is 0 Å². The van der Waals surface area contributed by atoms with Crippen LogP contribution in [0.15, 0.2) is 4.99 Å². The quantitative estimate of drug-likeness (QED) is 0.301. The zero-order valence-electron chi connectivity index (χ0n) is 10.4. The predicted octanol–water partition coefficient (Wildman–Crippen LogP) is -2.74. The fraction of sp³-hybridized carbons (Fsp3) is 0.818. The summed E-state index contributed by atoms with van der Waals surface area (Å²) in [5, 5.41) is 33.3. The lowest BCUT2D eigenvalue weighted by Crippen LogP contribution is -2.81. The van der Waals surface area contributed by atoms with Crippen LogP contribution in [-0.4, -0.2) is 57.3 Å². The molecule has 8 heteroatoms. The van der Waals surface area contributed by atoms with E-state index in [1.807, 2.05) is 6.92 Å². The van der Waals surface area contributed by atoms with E-state index in [0.717, 1.165) is 0 Å². The van der Waals surface area contributed by atoms with E-state index in [9.17, 15) is 20.1 Å². The van der Waals surface area contributed by atoms with E-state index in [-0.39, 0.29) is 11.9 Å². The second-order valence-corrected chi connectivity index (χ2v) is 5.55. The smallest absolute Gasteiger partial charge is 0.337 e. The summed E-state index contributed by atoms with van der Waals surface area (Å²) >= 11 is 0. The fourth-order valence-electron chi connectivity index (χ4n) is 3.56. The standard InChI is InChI=1S/C11H17N3O5/c1-3-2-4-8(17)13-10(12)14-11(4)6(15)5(3)19-9(18)7(11)16/h3-8,15-17H,2H2,1H3,(H3,12,13,14)/t3-,4-,5-,6-,7-,8+,11-/m1/s1. The molecule has 0 radical (unpaired) electrons. The molecule has 2 bridgehead atoms. The third-order valence-corrected chi connectivity index (χ3v) is 4.50. The molecular formula is C11H17N3O5. The Balaban J connectivity index is 2.13. The van der Waals surface area contributed by atoms with E-state index < -0.39 is 42.0 Å². The summed E-state index contributed by atoms with van der Waals surface area (Å²) in [6, 6.07) is 0. The van der Waals surface area contributed by atoms with Gasteiger partial charge in [0.25, 0.3) is 0 Å². The number of carbonyl (C=O) groups is 1. The first-order valence-corrected chi connectivity index (χ1v) is 6.24. The van der Waals surface area contributed by atoms with Crippen molar-refractivity contribution in [3.63, 3.8) is 0 Å². The first kappa shape index (κ1) is 12.6.